The molecule has 244 valence electrons. The van der Waals surface area contributed by atoms with Crippen LogP contribution in [0.25, 0.3) is 16.3 Å². The maximum atomic E-state index is 13.5. The molecule has 1 atom stereocenters. The number of amides is 3. The van der Waals surface area contributed by atoms with Crippen LogP contribution >= 0.6 is 23.1 Å². The molecule has 1 unspecified atom stereocenters. The minimum absolute atomic E-state index is 0.0744. The maximum Gasteiger partial charge on any atom is 0.272 e. The summed E-state index contributed by atoms with van der Waals surface area (Å²) in [6, 6.07) is 40.8. The number of benzene rings is 5. The van der Waals surface area contributed by atoms with Gasteiger partial charge in [-0.1, -0.05) is 84.1 Å². The number of aromatic nitrogens is 1. The predicted molar refractivity (Wildman–Crippen MR) is 198 cm³/mol. The third-order valence-electron chi connectivity index (χ3n) is 7.29. The fourth-order valence-electron chi connectivity index (χ4n) is 4.72. The predicted octanol–water partition coefficient (Wildman–Crippen LogP) is 8.40. The van der Waals surface area contributed by atoms with Crippen LogP contribution in [-0.2, 0) is 16.2 Å². The number of nitrogens with zero attached hydrogens (tertiary/aromatic N) is 1. The number of carbonyl (C=O) groups excluding carboxylic acids is 3. The van der Waals surface area contributed by atoms with Gasteiger partial charge in [0.05, 0.1) is 15.5 Å². The molecule has 0 spiro atoms. The van der Waals surface area contributed by atoms with Gasteiger partial charge in [0.2, 0.25) is 5.91 Å². The van der Waals surface area contributed by atoms with Crippen molar-refractivity contribution in [3.63, 3.8) is 0 Å². The van der Waals surface area contributed by atoms with Crippen LogP contribution < -0.4 is 20.7 Å². The SMILES string of the molecule is CC(Sc1ccc(NC(=O)/C(=C/c2ccc(OCc3ccccc3)cc2)NC(=O)c2ccccc2)cc1)C(=O)Nc1nc2ccccc2s1. The molecule has 8 nitrogen and oxygen atoms in total. The quantitative estimate of drug-likeness (QED) is 0.0883. The highest BCUT2D eigenvalue weighted by molar-refractivity contribution is 8.00. The van der Waals surface area contributed by atoms with E-state index in [2.05, 4.69) is 20.9 Å². The Bertz CT molecular complexity index is 2050. The topological polar surface area (TPSA) is 109 Å². The number of para-hydroxylation sites is 1. The van der Waals surface area contributed by atoms with Gasteiger partial charge in [-0.05, 0) is 84.8 Å². The molecule has 0 aliphatic rings. The van der Waals surface area contributed by atoms with E-state index in [0.29, 0.717) is 34.3 Å². The highest BCUT2D eigenvalue weighted by atomic mass is 32.2. The zero-order chi connectivity index (χ0) is 34.0. The molecule has 5 aromatic carbocycles. The average Bonchev–Trinajstić information content (AvgIpc) is 3.55. The summed E-state index contributed by atoms with van der Waals surface area (Å²) in [6.07, 6.45) is 1.62. The highest BCUT2D eigenvalue weighted by Crippen LogP contribution is 2.29. The van der Waals surface area contributed by atoms with Crippen molar-refractivity contribution in [3.8, 4) is 5.75 Å². The Kier molecular flexibility index (Phi) is 10.8. The number of rotatable bonds is 12. The summed E-state index contributed by atoms with van der Waals surface area (Å²) >= 11 is 2.83. The van der Waals surface area contributed by atoms with Crippen LogP contribution in [0.2, 0.25) is 0 Å². The highest BCUT2D eigenvalue weighted by Gasteiger charge is 2.18. The van der Waals surface area contributed by atoms with E-state index in [1.807, 2.05) is 104 Å². The van der Waals surface area contributed by atoms with Crippen molar-refractivity contribution < 1.29 is 19.1 Å². The Hall–Kier alpha value is -5.71. The fourth-order valence-corrected chi connectivity index (χ4v) is 6.45. The van der Waals surface area contributed by atoms with Crippen molar-refractivity contribution in [1.82, 2.24) is 10.3 Å². The molecule has 6 aromatic rings. The number of nitrogens with one attached hydrogen (secondary N) is 3. The lowest BCUT2D eigenvalue weighted by molar-refractivity contribution is -0.115. The molecule has 0 saturated heterocycles. The molecule has 49 heavy (non-hydrogen) atoms. The summed E-state index contributed by atoms with van der Waals surface area (Å²) in [6.45, 7) is 2.27. The summed E-state index contributed by atoms with van der Waals surface area (Å²) in [5.74, 6) is -0.365. The number of thiazole rings is 1. The van der Waals surface area contributed by atoms with Crippen molar-refractivity contribution in [1.29, 1.82) is 0 Å². The normalized spacial score (nSPS) is 11.8. The first-order chi connectivity index (χ1) is 23.9. The number of ether oxygens (including phenoxy) is 1. The number of anilines is 2. The van der Waals surface area contributed by atoms with Gasteiger partial charge in [0.15, 0.2) is 5.13 Å². The van der Waals surface area contributed by atoms with Gasteiger partial charge in [0, 0.05) is 16.1 Å². The third kappa shape index (κ3) is 9.22. The van der Waals surface area contributed by atoms with Gasteiger partial charge < -0.3 is 20.7 Å². The van der Waals surface area contributed by atoms with Crippen LogP contribution in [0.3, 0.4) is 0 Å². The van der Waals surface area contributed by atoms with Gasteiger partial charge in [0.25, 0.3) is 11.8 Å². The molecule has 3 N–H and O–H groups in total. The van der Waals surface area contributed by atoms with Crippen LogP contribution in [0.15, 0.2) is 144 Å². The van der Waals surface area contributed by atoms with Gasteiger partial charge in [-0.15, -0.1) is 11.8 Å². The standard InChI is InChI=1S/C39H32N4O4S2/c1-26(36(44)43-39-42-33-14-8-9-15-35(33)49-39)48-32-22-18-30(19-23-32)40-38(46)34(41-37(45)29-12-6-3-7-13-29)24-27-16-20-31(21-17-27)47-25-28-10-4-2-5-11-28/h2-24,26H,25H2,1H3,(H,40,46)(H,41,45)(H,42,43,44)/b34-24-. The van der Waals surface area contributed by atoms with E-state index in [4.69, 9.17) is 4.74 Å². The molecule has 0 aliphatic heterocycles. The molecular weight excluding hydrogens is 653 g/mol. The molecule has 10 heteroatoms. The third-order valence-corrected chi connectivity index (χ3v) is 9.35. The maximum absolute atomic E-state index is 13.5. The second-order valence-electron chi connectivity index (χ2n) is 10.9. The Morgan fingerprint density at radius 2 is 1.47 bits per heavy atom. The summed E-state index contributed by atoms with van der Waals surface area (Å²) in [5, 5.41) is 8.73. The van der Waals surface area contributed by atoms with Gasteiger partial charge in [-0.3, -0.25) is 14.4 Å². The van der Waals surface area contributed by atoms with Gasteiger partial charge in [-0.25, -0.2) is 4.98 Å². The number of thioether (sulfide) groups is 1. The second-order valence-corrected chi connectivity index (χ2v) is 13.4. The van der Waals surface area contributed by atoms with Gasteiger partial charge >= 0.3 is 0 Å². The lowest BCUT2D eigenvalue weighted by atomic mass is 10.1. The summed E-state index contributed by atoms with van der Waals surface area (Å²) < 4.78 is 6.90. The van der Waals surface area contributed by atoms with E-state index in [9.17, 15) is 14.4 Å². The lowest BCUT2D eigenvalue weighted by Gasteiger charge is -2.13. The van der Waals surface area contributed by atoms with Crippen LogP contribution in [0, 0.1) is 0 Å². The smallest absolute Gasteiger partial charge is 0.272 e. The molecule has 0 aliphatic carbocycles. The second kappa shape index (κ2) is 15.9. The lowest BCUT2D eigenvalue weighted by Crippen LogP contribution is -2.30. The summed E-state index contributed by atoms with van der Waals surface area (Å²) in [5.41, 5.74) is 3.64. The molecule has 0 radical (unpaired) electrons. The van der Waals surface area contributed by atoms with E-state index in [1.54, 1.807) is 42.5 Å². The van der Waals surface area contributed by atoms with Gasteiger partial charge in [-0.2, -0.15) is 0 Å². The van der Waals surface area contributed by atoms with Gasteiger partial charge in [0.1, 0.15) is 18.1 Å². The van der Waals surface area contributed by atoms with E-state index < -0.39 is 11.8 Å². The van der Waals surface area contributed by atoms with Crippen LogP contribution in [0.1, 0.15) is 28.4 Å². The molecule has 6 rings (SSSR count). The van der Waals surface area contributed by atoms with Crippen LogP contribution in [0.5, 0.6) is 5.75 Å². The summed E-state index contributed by atoms with van der Waals surface area (Å²) in [7, 11) is 0. The molecule has 0 saturated carbocycles. The Labute approximate surface area is 292 Å². The number of hydrogen-bond donors (Lipinski definition) is 3. The zero-order valence-corrected chi connectivity index (χ0v) is 28.1. The average molecular weight is 685 g/mol. The monoisotopic (exact) mass is 684 g/mol. The molecular formula is C39H32N4O4S2. The number of fused-ring (bicyclic) bond motifs is 1. The first kappa shape index (κ1) is 33.2. The minimum Gasteiger partial charge on any atom is -0.489 e. The Morgan fingerprint density at radius 1 is 0.796 bits per heavy atom. The van der Waals surface area contributed by atoms with E-state index >= 15 is 0 Å². The van der Waals surface area contributed by atoms with Crippen molar-refractivity contribution in [2.45, 2.75) is 23.7 Å². The molecule has 0 fully saturated rings. The molecule has 3 amide bonds. The number of carbonyl (C=O) groups is 3. The van der Waals surface area contributed by atoms with E-state index in [-0.39, 0.29) is 16.9 Å². The zero-order valence-electron chi connectivity index (χ0n) is 26.5. The van der Waals surface area contributed by atoms with Crippen LogP contribution in [-0.4, -0.2) is 28.0 Å². The van der Waals surface area contributed by atoms with E-state index in [0.717, 1.165) is 20.7 Å². The largest absolute Gasteiger partial charge is 0.489 e. The fraction of sp³-hybridized carbons (Fsp3) is 0.0769. The Balaban J connectivity index is 1.10. The Morgan fingerprint density at radius 3 is 2.18 bits per heavy atom. The minimum atomic E-state index is -0.488. The van der Waals surface area contributed by atoms with Crippen molar-refractivity contribution in [3.05, 3.63) is 156 Å². The first-order valence-electron chi connectivity index (χ1n) is 15.5. The molecule has 1 aromatic heterocycles. The summed E-state index contributed by atoms with van der Waals surface area (Å²) in [4.78, 5) is 44.8. The van der Waals surface area contributed by atoms with Crippen LogP contribution in [0.4, 0.5) is 10.8 Å². The van der Waals surface area contributed by atoms with E-state index in [1.165, 1.54) is 23.1 Å². The van der Waals surface area contributed by atoms with Crippen molar-refractivity contribution in [2.75, 3.05) is 10.6 Å². The first-order valence-corrected chi connectivity index (χ1v) is 17.2. The van der Waals surface area contributed by atoms with Crippen molar-refractivity contribution >= 4 is 67.9 Å². The molecule has 0 bridgehead atoms. The number of hydrogen-bond acceptors (Lipinski definition) is 7. The molecule has 1 heterocycles. The van der Waals surface area contributed by atoms with Crippen molar-refractivity contribution in [2.24, 2.45) is 0 Å².